The zero-order valence-corrected chi connectivity index (χ0v) is 16.1. The van der Waals surface area contributed by atoms with Crippen LogP contribution in [0.1, 0.15) is 24.0 Å². The molecule has 6 heteroatoms. The summed E-state index contributed by atoms with van der Waals surface area (Å²) in [5, 5.41) is 1.46. The summed E-state index contributed by atoms with van der Waals surface area (Å²) in [6, 6.07) is 16.4. The van der Waals surface area contributed by atoms with E-state index in [4.69, 9.17) is 11.6 Å². The van der Waals surface area contributed by atoms with Crippen molar-refractivity contribution in [2.24, 2.45) is 0 Å². The van der Waals surface area contributed by atoms with E-state index in [2.05, 4.69) is 44.9 Å². The number of benzene rings is 2. The molecule has 0 N–H and O–H groups in total. The third-order valence-corrected chi connectivity index (χ3v) is 5.56. The second-order valence-electron chi connectivity index (χ2n) is 7.23. The molecule has 0 spiro atoms. The normalized spacial score (nSPS) is 14.5. The Balaban J connectivity index is 1.50. The molecule has 1 fully saturated rings. The summed E-state index contributed by atoms with van der Waals surface area (Å²) in [6.07, 6.45) is 3.45. The van der Waals surface area contributed by atoms with Crippen LogP contribution in [0.25, 0.3) is 21.9 Å². The van der Waals surface area contributed by atoms with Gasteiger partial charge in [0, 0.05) is 31.4 Å². The Kier molecular flexibility index (Phi) is 4.24. The number of carbonyl (C=O) groups excluding carboxylic acids is 1. The number of halogens is 1. The lowest BCUT2D eigenvalue weighted by Crippen LogP contribution is -2.23. The predicted octanol–water partition coefficient (Wildman–Crippen LogP) is 4.41. The molecule has 1 amide bonds. The topological polar surface area (TPSA) is 51.0 Å². The van der Waals surface area contributed by atoms with Crippen molar-refractivity contribution in [3.63, 3.8) is 0 Å². The molecule has 0 bridgehead atoms. The van der Waals surface area contributed by atoms with E-state index in [1.165, 1.54) is 5.56 Å². The molecular weight excluding hydrogens is 372 g/mol. The molecular formula is C22H19ClN4O. The molecule has 1 aliphatic heterocycles. The maximum Gasteiger partial charge on any atom is 0.222 e. The van der Waals surface area contributed by atoms with E-state index in [0.717, 1.165) is 40.5 Å². The number of hydrogen-bond donors (Lipinski definition) is 0. The molecule has 0 aliphatic carbocycles. The molecule has 140 valence electrons. The largest absolute Gasteiger partial charge is 0.338 e. The van der Waals surface area contributed by atoms with Crippen molar-refractivity contribution < 1.29 is 4.79 Å². The lowest BCUT2D eigenvalue weighted by molar-refractivity contribution is -0.128. The highest BCUT2D eigenvalue weighted by molar-refractivity contribution is 6.35. The van der Waals surface area contributed by atoms with E-state index >= 15 is 0 Å². The van der Waals surface area contributed by atoms with Gasteiger partial charge in [-0.1, -0.05) is 54.1 Å². The molecule has 1 saturated heterocycles. The number of hydrogen-bond acceptors (Lipinski definition) is 3. The van der Waals surface area contributed by atoms with Gasteiger partial charge >= 0.3 is 0 Å². The van der Waals surface area contributed by atoms with Gasteiger partial charge in [-0.15, -0.1) is 0 Å². The number of imidazole rings is 1. The van der Waals surface area contributed by atoms with Gasteiger partial charge in [0.05, 0.1) is 17.4 Å². The van der Waals surface area contributed by atoms with E-state index in [0.29, 0.717) is 24.7 Å². The first-order chi connectivity index (χ1) is 13.7. The molecule has 0 unspecified atom stereocenters. The van der Waals surface area contributed by atoms with Gasteiger partial charge in [-0.05, 0) is 23.6 Å². The molecule has 1 aliphatic rings. The Morgan fingerprint density at radius 2 is 1.86 bits per heavy atom. The quantitative estimate of drug-likeness (QED) is 0.485. The van der Waals surface area contributed by atoms with Crippen LogP contribution in [-0.2, 0) is 17.9 Å². The van der Waals surface area contributed by atoms with Crippen molar-refractivity contribution in [3.8, 4) is 0 Å². The van der Waals surface area contributed by atoms with Crippen LogP contribution in [0.5, 0.6) is 0 Å². The van der Waals surface area contributed by atoms with Gasteiger partial charge in [-0.25, -0.2) is 9.97 Å². The molecule has 2 aromatic carbocycles. The molecule has 2 aromatic heterocycles. The molecule has 0 atom stereocenters. The molecule has 5 nitrogen and oxygen atoms in total. The van der Waals surface area contributed by atoms with Crippen LogP contribution in [0.15, 0.2) is 54.9 Å². The number of carbonyl (C=O) groups is 1. The number of amides is 1. The highest BCUT2D eigenvalue weighted by Gasteiger charge is 2.20. The Morgan fingerprint density at radius 1 is 1.04 bits per heavy atom. The van der Waals surface area contributed by atoms with E-state index in [1.54, 1.807) is 0 Å². The number of aromatic nitrogens is 3. The second-order valence-corrected chi connectivity index (χ2v) is 7.59. The van der Waals surface area contributed by atoms with Gasteiger partial charge in [0.1, 0.15) is 5.52 Å². The first-order valence-electron chi connectivity index (χ1n) is 9.44. The summed E-state index contributed by atoms with van der Waals surface area (Å²) in [5.74, 6) is 0.250. The van der Waals surface area contributed by atoms with Gasteiger partial charge in [0.15, 0.2) is 5.15 Å². The monoisotopic (exact) mass is 390 g/mol. The second kappa shape index (κ2) is 6.91. The highest BCUT2D eigenvalue weighted by Crippen LogP contribution is 2.29. The smallest absolute Gasteiger partial charge is 0.222 e. The summed E-state index contributed by atoms with van der Waals surface area (Å²) in [7, 11) is 0. The minimum Gasteiger partial charge on any atom is -0.338 e. The fourth-order valence-corrected chi connectivity index (χ4v) is 4.21. The van der Waals surface area contributed by atoms with Crippen LogP contribution in [0.4, 0.5) is 0 Å². The van der Waals surface area contributed by atoms with Crippen LogP contribution >= 0.6 is 11.6 Å². The van der Waals surface area contributed by atoms with Gasteiger partial charge in [0.2, 0.25) is 5.91 Å². The van der Waals surface area contributed by atoms with E-state index in [1.807, 2.05) is 29.4 Å². The minimum atomic E-state index is 0.250. The van der Waals surface area contributed by atoms with Gasteiger partial charge in [0.25, 0.3) is 0 Å². The number of likely N-dealkylation sites (tertiary alicyclic amines) is 1. The number of nitrogens with zero attached hydrogens (tertiary/aromatic N) is 4. The van der Waals surface area contributed by atoms with Crippen molar-refractivity contribution in [2.75, 3.05) is 6.54 Å². The standard InChI is InChI=1S/C22H19ClN4O/c23-22-20-21(17-7-1-2-8-18(17)25-22)27(14-24-20)13-16-6-3-5-15(11-16)12-26-10-4-9-19(26)28/h1-3,5-8,11,14H,4,9-10,12-13H2. The lowest BCUT2D eigenvalue weighted by Gasteiger charge is -2.16. The molecule has 3 heterocycles. The fraction of sp³-hybridized carbons (Fsp3) is 0.227. The Labute approximate surface area is 167 Å². The highest BCUT2D eigenvalue weighted by atomic mass is 35.5. The van der Waals surface area contributed by atoms with Crippen molar-refractivity contribution in [3.05, 3.63) is 71.1 Å². The van der Waals surface area contributed by atoms with Crippen molar-refractivity contribution in [1.29, 1.82) is 0 Å². The van der Waals surface area contributed by atoms with Crippen molar-refractivity contribution >= 4 is 39.4 Å². The van der Waals surface area contributed by atoms with E-state index in [9.17, 15) is 4.79 Å². The first-order valence-corrected chi connectivity index (χ1v) is 9.81. The zero-order chi connectivity index (χ0) is 19.1. The third-order valence-electron chi connectivity index (χ3n) is 5.30. The number of fused-ring (bicyclic) bond motifs is 3. The van der Waals surface area contributed by atoms with Crippen molar-refractivity contribution in [2.45, 2.75) is 25.9 Å². The minimum absolute atomic E-state index is 0.250. The number of rotatable bonds is 4. The van der Waals surface area contributed by atoms with Gasteiger partial charge in [-0.2, -0.15) is 0 Å². The maximum absolute atomic E-state index is 11.9. The molecule has 0 saturated carbocycles. The molecule has 5 rings (SSSR count). The van der Waals surface area contributed by atoms with Crippen LogP contribution in [0, 0.1) is 0 Å². The molecule has 28 heavy (non-hydrogen) atoms. The SMILES string of the molecule is O=C1CCCN1Cc1cccc(Cn2cnc3c(Cl)nc4ccccc4c32)c1. The van der Waals surface area contributed by atoms with Gasteiger partial charge < -0.3 is 9.47 Å². The number of para-hydroxylation sites is 1. The third kappa shape index (κ3) is 3.02. The summed E-state index contributed by atoms with van der Waals surface area (Å²) in [4.78, 5) is 22.8. The van der Waals surface area contributed by atoms with E-state index in [-0.39, 0.29) is 5.91 Å². The van der Waals surface area contributed by atoms with Crippen LogP contribution in [0.2, 0.25) is 5.15 Å². The average Bonchev–Trinajstić information content (AvgIpc) is 3.30. The van der Waals surface area contributed by atoms with Crippen LogP contribution in [-0.4, -0.2) is 31.9 Å². The summed E-state index contributed by atoms with van der Waals surface area (Å²) >= 11 is 6.36. The Hall–Kier alpha value is -2.92. The average molecular weight is 391 g/mol. The zero-order valence-electron chi connectivity index (χ0n) is 15.3. The summed E-state index contributed by atoms with van der Waals surface area (Å²) in [5.41, 5.74) is 4.90. The Morgan fingerprint density at radius 3 is 2.68 bits per heavy atom. The molecule has 4 aromatic rings. The fourth-order valence-electron chi connectivity index (χ4n) is 3.98. The van der Waals surface area contributed by atoms with Gasteiger partial charge in [-0.3, -0.25) is 4.79 Å². The van der Waals surface area contributed by atoms with E-state index < -0.39 is 0 Å². The number of pyridine rings is 1. The van der Waals surface area contributed by atoms with Crippen molar-refractivity contribution in [1.82, 2.24) is 19.4 Å². The Bertz CT molecular complexity index is 1200. The first kappa shape index (κ1) is 17.2. The summed E-state index contributed by atoms with van der Waals surface area (Å²) < 4.78 is 2.12. The summed E-state index contributed by atoms with van der Waals surface area (Å²) in [6.45, 7) is 2.21. The van der Waals surface area contributed by atoms with Crippen LogP contribution < -0.4 is 0 Å². The lowest BCUT2D eigenvalue weighted by atomic mass is 10.1. The maximum atomic E-state index is 11.9. The van der Waals surface area contributed by atoms with Crippen LogP contribution in [0.3, 0.4) is 0 Å². The predicted molar refractivity (Wildman–Crippen MR) is 110 cm³/mol. The molecule has 0 radical (unpaired) electrons.